The lowest BCUT2D eigenvalue weighted by atomic mass is 9.92. The molecule has 2 rings (SSSR count). The second kappa shape index (κ2) is 4.85. The molecule has 0 N–H and O–H groups in total. The Kier molecular flexibility index (Phi) is 3.49. The van der Waals surface area contributed by atoms with Crippen LogP contribution in [0.4, 0.5) is 0 Å². The van der Waals surface area contributed by atoms with Crippen LogP contribution in [0.2, 0.25) is 0 Å². The lowest BCUT2D eigenvalue weighted by Crippen LogP contribution is -2.13. The molecule has 0 aliphatic carbocycles. The van der Waals surface area contributed by atoms with E-state index in [0.717, 1.165) is 19.1 Å². The minimum atomic E-state index is 0.722. The van der Waals surface area contributed by atoms with E-state index in [0.29, 0.717) is 0 Å². The third kappa shape index (κ3) is 2.31. The first kappa shape index (κ1) is 10.1. The van der Waals surface area contributed by atoms with Crippen molar-refractivity contribution in [1.82, 2.24) is 0 Å². The summed E-state index contributed by atoms with van der Waals surface area (Å²) in [5.74, 6) is 0.722. The van der Waals surface area contributed by atoms with Crippen LogP contribution in [0.1, 0.15) is 24.3 Å². The lowest BCUT2D eigenvalue weighted by Gasteiger charge is -2.22. The minimum absolute atomic E-state index is 0.722. The average Bonchev–Trinajstić information content (AvgIpc) is 2.30. The van der Waals surface area contributed by atoms with Crippen LogP contribution in [0.3, 0.4) is 0 Å². The molecular formula is C12H16OS. The molecule has 76 valence electrons. The fourth-order valence-electron chi connectivity index (χ4n) is 1.91. The first-order chi connectivity index (χ1) is 6.90. The molecule has 1 heterocycles. The summed E-state index contributed by atoms with van der Waals surface area (Å²) in [5, 5.41) is 0. The van der Waals surface area contributed by atoms with Gasteiger partial charge in [0.05, 0.1) is 0 Å². The quantitative estimate of drug-likeness (QED) is 0.690. The highest BCUT2D eigenvalue weighted by Crippen LogP contribution is 2.28. The third-order valence-corrected chi connectivity index (χ3v) is 3.55. The van der Waals surface area contributed by atoms with Gasteiger partial charge in [0.1, 0.15) is 0 Å². The second-order valence-electron chi connectivity index (χ2n) is 3.66. The van der Waals surface area contributed by atoms with E-state index in [2.05, 4.69) is 30.5 Å². The van der Waals surface area contributed by atoms with Gasteiger partial charge in [0.15, 0.2) is 0 Å². The predicted octanol–water partition coefficient (Wildman–Crippen LogP) is 3.30. The van der Waals surface area contributed by atoms with Crippen LogP contribution in [0.5, 0.6) is 0 Å². The van der Waals surface area contributed by atoms with E-state index >= 15 is 0 Å². The maximum atomic E-state index is 5.36. The number of ether oxygens (including phenoxy) is 1. The molecule has 1 aliphatic rings. The van der Waals surface area contributed by atoms with Gasteiger partial charge in [0, 0.05) is 18.1 Å². The molecule has 0 spiro atoms. The fourth-order valence-corrected chi connectivity index (χ4v) is 2.32. The number of benzene rings is 1. The van der Waals surface area contributed by atoms with Gasteiger partial charge >= 0.3 is 0 Å². The van der Waals surface area contributed by atoms with Crippen molar-refractivity contribution in [2.75, 3.05) is 19.5 Å². The summed E-state index contributed by atoms with van der Waals surface area (Å²) in [7, 11) is 0. The largest absolute Gasteiger partial charge is 0.381 e. The van der Waals surface area contributed by atoms with Gasteiger partial charge in [0.2, 0.25) is 0 Å². The summed E-state index contributed by atoms with van der Waals surface area (Å²) in [6.07, 6.45) is 4.47. The Bertz CT molecular complexity index is 275. The van der Waals surface area contributed by atoms with Crippen LogP contribution in [0.15, 0.2) is 29.2 Å². The normalized spacial score (nSPS) is 18.4. The van der Waals surface area contributed by atoms with Gasteiger partial charge in [-0.25, -0.2) is 0 Å². The standard InChI is InChI=1S/C12H16OS/c1-14-12-4-2-10(3-5-12)11-6-8-13-9-7-11/h2-5,11H,6-9H2,1H3. The highest BCUT2D eigenvalue weighted by atomic mass is 32.2. The lowest BCUT2D eigenvalue weighted by molar-refractivity contribution is 0.0853. The SMILES string of the molecule is CSc1ccc(C2CCOCC2)cc1. The summed E-state index contributed by atoms with van der Waals surface area (Å²) >= 11 is 1.80. The van der Waals surface area contributed by atoms with E-state index in [9.17, 15) is 0 Å². The Morgan fingerprint density at radius 2 is 1.79 bits per heavy atom. The van der Waals surface area contributed by atoms with Crippen molar-refractivity contribution < 1.29 is 4.74 Å². The van der Waals surface area contributed by atoms with Gasteiger partial charge in [-0.15, -0.1) is 11.8 Å². The first-order valence-electron chi connectivity index (χ1n) is 5.12. The van der Waals surface area contributed by atoms with Gasteiger partial charge in [0.25, 0.3) is 0 Å². The van der Waals surface area contributed by atoms with E-state index in [4.69, 9.17) is 4.74 Å². The topological polar surface area (TPSA) is 9.23 Å². The summed E-state index contributed by atoms with van der Waals surface area (Å²) < 4.78 is 5.36. The van der Waals surface area contributed by atoms with Crippen molar-refractivity contribution in [3.8, 4) is 0 Å². The van der Waals surface area contributed by atoms with Crippen molar-refractivity contribution in [1.29, 1.82) is 0 Å². The van der Waals surface area contributed by atoms with Crippen molar-refractivity contribution >= 4 is 11.8 Å². The van der Waals surface area contributed by atoms with Crippen molar-refractivity contribution in [2.24, 2.45) is 0 Å². The Hall–Kier alpha value is -0.470. The molecular weight excluding hydrogens is 192 g/mol. The first-order valence-corrected chi connectivity index (χ1v) is 6.34. The molecule has 0 atom stereocenters. The summed E-state index contributed by atoms with van der Waals surface area (Å²) in [6.45, 7) is 1.85. The van der Waals surface area contributed by atoms with Gasteiger partial charge < -0.3 is 4.74 Å². The number of rotatable bonds is 2. The summed E-state index contributed by atoms with van der Waals surface area (Å²) in [4.78, 5) is 1.35. The number of hydrogen-bond acceptors (Lipinski definition) is 2. The maximum absolute atomic E-state index is 5.36. The Labute approximate surface area is 89.9 Å². The molecule has 1 aromatic rings. The summed E-state index contributed by atoms with van der Waals surface area (Å²) in [6, 6.07) is 8.97. The van der Waals surface area contributed by atoms with Crippen molar-refractivity contribution in [3.63, 3.8) is 0 Å². The molecule has 0 aromatic heterocycles. The Morgan fingerprint density at radius 3 is 2.36 bits per heavy atom. The highest BCUT2D eigenvalue weighted by Gasteiger charge is 2.15. The molecule has 1 nitrogen and oxygen atoms in total. The minimum Gasteiger partial charge on any atom is -0.381 e. The maximum Gasteiger partial charge on any atom is 0.0471 e. The zero-order valence-electron chi connectivity index (χ0n) is 8.53. The average molecular weight is 208 g/mol. The van der Waals surface area contributed by atoms with Crippen LogP contribution in [0, 0.1) is 0 Å². The molecule has 14 heavy (non-hydrogen) atoms. The van der Waals surface area contributed by atoms with E-state index in [1.807, 2.05) is 0 Å². The number of thioether (sulfide) groups is 1. The van der Waals surface area contributed by atoms with Crippen LogP contribution < -0.4 is 0 Å². The molecule has 0 radical (unpaired) electrons. The van der Waals surface area contributed by atoms with E-state index in [1.165, 1.54) is 23.3 Å². The smallest absolute Gasteiger partial charge is 0.0471 e. The zero-order chi connectivity index (χ0) is 9.80. The van der Waals surface area contributed by atoms with E-state index in [-0.39, 0.29) is 0 Å². The molecule has 0 bridgehead atoms. The molecule has 2 heteroatoms. The second-order valence-corrected chi connectivity index (χ2v) is 4.54. The van der Waals surface area contributed by atoms with Gasteiger partial charge in [-0.2, -0.15) is 0 Å². The van der Waals surface area contributed by atoms with Crippen molar-refractivity contribution in [2.45, 2.75) is 23.7 Å². The van der Waals surface area contributed by atoms with Gasteiger partial charge in [-0.05, 0) is 42.7 Å². The monoisotopic (exact) mass is 208 g/mol. The summed E-state index contributed by atoms with van der Waals surface area (Å²) in [5.41, 5.74) is 1.48. The molecule has 0 amide bonds. The predicted molar refractivity (Wildman–Crippen MR) is 61.0 cm³/mol. The Balaban J connectivity index is 2.07. The van der Waals surface area contributed by atoms with Crippen LogP contribution >= 0.6 is 11.8 Å². The Morgan fingerprint density at radius 1 is 1.14 bits per heavy atom. The fraction of sp³-hybridized carbons (Fsp3) is 0.500. The molecule has 1 saturated heterocycles. The number of hydrogen-bond donors (Lipinski definition) is 0. The molecule has 1 aromatic carbocycles. The molecule has 1 fully saturated rings. The van der Waals surface area contributed by atoms with E-state index < -0.39 is 0 Å². The molecule has 1 aliphatic heterocycles. The van der Waals surface area contributed by atoms with Gasteiger partial charge in [-0.1, -0.05) is 12.1 Å². The van der Waals surface area contributed by atoms with Gasteiger partial charge in [-0.3, -0.25) is 0 Å². The highest BCUT2D eigenvalue weighted by molar-refractivity contribution is 7.98. The van der Waals surface area contributed by atoms with Crippen LogP contribution in [-0.4, -0.2) is 19.5 Å². The molecule has 0 unspecified atom stereocenters. The third-order valence-electron chi connectivity index (χ3n) is 2.81. The van der Waals surface area contributed by atoms with E-state index in [1.54, 1.807) is 11.8 Å². The zero-order valence-corrected chi connectivity index (χ0v) is 9.35. The van der Waals surface area contributed by atoms with Crippen LogP contribution in [-0.2, 0) is 4.74 Å². The van der Waals surface area contributed by atoms with Crippen molar-refractivity contribution in [3.05, 3.63) is 29.8 Å². The van der Waals surface area contributed by atoms with Crippen LogP contribution in [0.25, 0.3) is 0 Å². The molecule has 0 saturated carbocycles.